The molecule has 1 unspecified atom stereocenters. The van der Waals surface area contributed by atoms with E-state index in [9.17, 15) is 4.79 Å². The van der Waals surface area contributed by atoms with E-state index in [2.05, 4.69) is 10.3 Å². The van der Waals surface area contributed by atoms with E-state index in [0.717, 1.165) is 16.5 Å². The maximum Gasteiger partial charge on any atom is 0.263 e. The Bertz CT molecular complexity index is 658. The Kier molecular flexibility index (Phi) is 3.82. The number of carbonyl (C=O) groups is 1. The van der Waals surface area contributed by atoms with Crippen LogP contribution in [0.4, 0.5) is 0 Å². The smallest absolute Gasteiger partial charge is 0.263 e. The Morgan fingerprint density at radius 3 is 2.90 bits per heavy atom. The third kappa shape index (κ3) is 3.16. The highest BCUT2D eigenvalue weighted by Crippen LogP contribution is 2.31. The molecule has 0 spiro atoms. The molecule has 1 aliphatic rings. The summed E-state index contributed by atoms with van der Waals surface area (Å²) in [6, 6.07) is 3.83. The summed E-state index contributed by atoms with van der Waals surface area (Å²) in [6.07, 6.45) is 2.36. The van der Waals surface area contributed by atoms with Gasteiger partial charge in [0.05, 0.1) is 5.69 Å². The Labute approximate surface area is 127 Å². The molecule has 2 aromatic heterocycles. The second-order valence-electron chi connectivity index (χ2n) is 5.56. The van der Waals surface area contributed by atoms with Crippen molar-refractivity contribution < 1.29 is 9.21 Å². The van der Waals surface area contributed by atoms with Crippen molar-refractivity contribution in [2.45, 2.75) is 32.7 Å². The lowest BCUT2D eigenvalue weighted by Crippen LogP contribution is -2.38. The Morgan fingerprint density at radius 2 is 2.29 bits per heavy atom. The molecular formula is C15H19N3O2S. The van der Waals surface area contributed by atoms with Crippen LogP contribution in [0.5, 0.6) is 0 Å². The first kappa shape index (κ1) is 14.3. The minimum absolute atomic E-state index is 0.0642. The fourth-order valence-corrected chi connectivity index (χ4v) is 3.19. The lowest BCUT2D eigenvalue weighted by Gasteiger charge is -2.10. The first-order valence-electron chi connectivity index (χ1n) is 7.12. The van der Waals surface area contributed by atoms with E-state index in [-0.39, 0.29) is 11.9 Å². The highest BCUT2D eigenvalue weighted by Gasteiger charge is 2.29. The van der Waals surface area contributed by atoms with Gasteiger partial charge in [-0.1, -0.05) is 0 Å². The molecule has 3 N–H and O–H groups in total. The minimum atomic E-state index is -0.101. The average molecular weight is 305 g/mol. The molecule has 0 radical (unpaired) electrons. The number of carbonyl (C=O) groups excluding carboxylic acids is 1. The predicted octanol–water partition coefficient (Wildman–Crippen LogP) is 2.49. The van der Waals surface area contributed by atoms with Gasteiger partial charge >= 0.3 is 0 Å². The van der Waals surface area contributed by atoms with Crippen LogP contribution >= 0.6 is 11.3 Å². The highest BCUT2D eigenvalue weighted by atomic mass is 32.1. The van der Waals surface area contributed by atoms with E-state index in [1.807, 2.05) is 26.0 Å². The van der Waals surface area contributed by atoms with Gasteiger partial charge in [0.25, 0.3) is 5.91 Å². The standard InChI is InChI=1S/C15H19N3O2S/c1-8-3-6-12(20-8)15-18-9(2)13(21-15)14(19)17-7-11(16)10-4-5-10/h3,6,10-11H,4-5,7,16H2,1-2H3,(H,17,19). The third-order valence-electron chi connectivity index (χ3n) is 3.68. The zero-order valence-electron chi connectivity index (χ0n) is 12.2. The highest BCUT2D eigenvalue weighted by molar-refractivity contribution is 7.17. The summed E-state index contributed by atoms with van der Waals surface area (Å²) in [6.45, 7) is 4.25. The molecule has 0 aromatic carbocycles. The van der Waals surface area contributed by atoms with Gasteiger partial charge < -0.3 is 15.5 Å². The van der Waals surface area contributed by atoms with Crippen LogP contribution in [0, 0.1) is 19.8 Å². The number of furan rings is 1. The van der Waals surface area contributed by atoms with Crippen molar-refractivity contribution in [1.82, 2.24) is 10.3 Å². The van der Waals surface area contributed by atoms with Gasteiger partial charge in [0.15, 0.2) is 10.8 Å². The summed E-state index contributed by atoms with van der Waals surface area (Å²) in [5, 5.41) is 3.64. The molecule has 1 aliphatic carbocycles. The van der Waals surface area contributed by atoms with Crippen molar-refractivity contribution in [3.05, 3.63) is 28.5 Å². The molecule has 112 valence electrons. The molecular weight excluding hydrogens is 286 g/mol. The number of thiazole rings is 1. The van der Waals surface area contributed by atoms with Gasteiger partial charge in [0.1, 0.15) is 10.6 Å². The average Bonchev–Trinajstić information content (AvgIpc) is 3.11. The molecule has 21 heavy (non-hydrogen) atoms. The van der Waals surface area contributed by atoms with Gasteiger partial charge in [-0.3, -0.25) is 4.79 Å². The van der Waals surface area contributed by atoms with Crippen molar-refractivity contribution in [3.8, 4) is 10.8 Å². The van der Waals surface area contributed by atoms with Crippen LogP contribution in [0.15, 0.2) is 16.5 Å². The molecule has 1 atom stereocenters. The maximum absolute atomic E-state index is 12.2. The number of hydrogen-bond acceptors (Lipinski definition) is 5. The molecule has 2 aromatic rings. The van der Waals surface area contributed by atoms with Crippen LogP contribution in [0.1, 0.15) is 34.0 Å². The van der Waals surface area contributed by atoms with Crippen LogP contribution < -0.4 is 11.1 Å². The van der Waals surface area contributed by atoms with Gasteiger partial charge in [-0.15, -0.1) is 11.3 Å². The second kappa shape index (κ2) is 5.61. The van der Waals surface area contributed by atoms with Gasteiger partial charge in [-0.05, 0) is 44.7 Å². The summed E-state index contributed by atoms with van der Waals surface area (Å²) < 4.78 is 5.55. The predicted molar refractivity (Wildman–Crippen MR) is 82.3 cm³/mol. The quantitative estimate of drug-likeness (QED) is 0.889. The zero-order chi connectivity index (χ0) is 15.0. The number of amides is 1. The van der Waals surface area contributed by atoms with E-state index in [0.29, 0.717) is 23.1 Å². The van der Waals surface area contributed by atoms with Crippen LogP contribution in [-0.4, -0.2) is 23.5 Å². The number of nitrogens with one attached hydrogen (secondary N) is 1. The fourth-order valence-electron chi connectivity index (χ4n) is 2.24. The van der Waals surface area contributed by atoms with E-state index >= 15 is 0 Å². The Hall–Kier alpha value is -1.66. The fraction of sp³-hybridized carbons (Fsp3) is 0.467. The van der Waals surface area contributed by atoms with E-state index in [4.69, 9.17) is 10.2 Å². The molecule has 6 heteroatoms. The van der Waals surface area contributed by atoms with Gasteiger partial charge in [0, 0.05) is 12.6 Å². The molecule has 2 heterocycles. The van der Waals surface area contributed by atoms with Gasteiger partial charge in [0.2, 0.25) is 0 Å². The van der Waals surface area contributed by atoms with E-state index in [1.165, 1.54) is 24.2 Å². The van der Waals surface area contributed by atoms with Crippen molar-refractivity contribution in [3.63, 3.8) is 0 Å². The Morgan fingerprint density at radius 1 is 1.52 bits per heavy atom. The largest absolute Gasteiger partial charge is 0.459 e. The second-order valence-corrected chi connectivity index (χ2v) is 6.55. The number of hydrogen-bond donors (Lipinski definition) is 2. The van der Waals surface area contributed by atoms with E-state index in [1.54, 1.807) is 0 Å². The summed E-state index contributed by atoms with van der Waals surface area (Å²) >= 11 is 1.35. The van der Waals surface area contributed by atoms with Crippen LogP contribution in [0.25, 0.3) is 10.8 Å². The van der Waals surface area contributed by atoms with E-state index < -0.39 is 0 Å². The monoisotopic (exact) mass is 305 g/mol. The third-order valence-corrected chi connectivity index (χ3v) is 4.85. The topological polar surface area (TPSA) is 81.2 Å². The van der Waals surface area contributed by atoms with Gasteiger partial charge in [-0.2, -0.15) is 0 Å². The molecule has 5 nitrogen and oxygen atoms in total. The van der Waals surface area contributed by atoms with Gasteiger partial charge in [-0.25, -0.2) is 4.98 Å². The first-order chi connectivity index (χ1) is 10.0. The normalized spacial score (nSPS) is 16.0. The van der Waals surface area contributed by atoms with Crippen LogP contribution in [0.2, 0.25) is 0 Å². The first-order valence-corrected chi connectivity index (χ1v) is 7.94. The molecule has 0 aliphatic heterocycles. The van der Waals surface area contributed by atoms with Crippen molar-refractivity contribution in [1.29, 1.82) is 0 Å². The summed E-state index contributed by atoms with van der Waals surface area (Å²) in [7, 11) is 0. The molecule has 1 saturated carbocycles. The van der Waals surface area contributed by atoms with Crippen molar-refractivity contribution in [2.75, 3.05) is 6.54 Å². The molecule has 1 fully saturated rings. The van der Waals surface area contributed by atoms with Crippen LogP contribution in [0.3, 0.4) is 0 Å². The number of nitrogens with two attached hydrogens (primary N) is 1. The summed E-state index contributed by atoms with van der Waals surface area (Å²) in [5.74, 6) is 2.01. The number of rotatable bonds is 5. The summed E-state index contributed by atoms with van der Waals surface area (Å²) in [4.78, 5) is 17.3. The number of aryl methyl sites for hydroxylation is 2. The molecule has 1 amide bonds. The maximum atomic E-state index is 12.2. The Balaban J connectivity index is 1.69. The van der Waals surface area contributed by atoms with Crippen LogP contribution in [-0.2, 0) is 0 Å². The minimum Gasteiger partial charge on any atom is -0.459 e. The molecule has 3 rings (SSSR count). The molecule has 0 bridgehead atoms. The summed E-state index contributed by atoms with van der Waals surface area (Å²) in [5.41, 5.74) is 6.72. The SMILES string of the molecule is Cc1ccc(-c2nc(C)c(C(=O)NCC(N)C3CC3)s2)o1. The lowest BCUT2D eigenvalue weighted by molar-refractivity contribution is 0.0953. The van der Waals surface area contributed by atoms with Crippen molar-refractivity contribution in [2.24, 2.45) is 11.7 Å². The lowest BCUT2D eigenvalue weighted by atomic mass is 10.2. The van der Waals surface area contributed by atoms with Crippen molar-refractivity contribution >= 4 is 17.2 Å². The molecule has 0 saturated heterocycles. The number of nitrogens with zero attached hydrogens (tertiary/aromatic N) is 1. The zero-order valence-corrected chi connectivity index (χ0v) is 13.0. The number of aromatic nitrogens is 1.